The van der Waals surface area contributed by atoms with Crippen molar-refractivity contribution in [2.75, 3.05) is 55.5 Å². The van der Waals surface area contributed by atoms with Crippen LogP contribution in [0.5, 0.6) is 11.5 Å². The normalized spacial score (nSPS) is 13.6. The van der Waals surface area contributed by atoms with Gasteiger partial charge in [-0.25, -0.2) is 18.9 Å². The fourth-order valence-corrected chi connectivity index (χ4v) is 4.26. The van der Waals surface area contributed by atoms with Crippen molar-refractivity contribution in [1.82, 2.24) is 19.2 Å². The van der Waals surface area contributed by atoms with E-state index in [9.17, 15) is 9.59 Å². The minimum absolute atomic E-state index is 0.229. The minimum atomic E-state index is -0.429. The lowest BCUT2D eigenvalue weighted by Crippen LogP contribution is -2.46. The number of hydrogen-bond donors (Lipinski definition) is 1. The van der Waals surface area contributed by atoms with Gasteiger partial charge in [-0.3, -0.25) is 4.79 Å². The Morgan fingerprint density at radius 2 is 1.75 bits per heavy atom. The first-order valence-corrected chi connectivity index (χ1v) is 11.6. The molecule has 0 spiro atoms. The molecule has 0 bridgehead atoms. The van der Waals surface area contributed by atoms with Crippen molar-refractivity contribution in [3.8, 4) is 11.5 Å². The summed E-state index contributed by atoms with van der Waals surface area (Å²) in [5.41, 5.74) is 1.65. The number of methoxy groups -OCH3 is 2. The third-order valence-corrected chi connectivity index (χ3v) is 6.16. The van der Waals surface area contributed by atoms with Gasteiger partial charge in [0.1, 0.15) is 30.2 Å². The van der Waals surface area contributed by atoms with Crippen molar-refractivity contribution in [1.29, 1.82) is 0 Å². The van der Waals surface area contributed by atoms with Crippen molar-refractivity contribution in [2.24, 2.45) is 0 Å². The van der Waals surface area contributed by atoms with Crippen molar-refractivity contribution in [2.45, 2.75) is 6.54 Å². The quantitative estimate of drug-likeness (QED) is 0.420. The van der Waals surface area contributed by atoms with Gasteiger partial charge >= 0.3 is 5.69 Å². The molecule has 11 nitrogen and oxygen atoms in total. The van der Waals surface area contributed by atoms with E-state index in [-0.39, 0.29) is 12.5 Å². The van der Waals surface area contributed by atoms with Crippen LogP contribution in [-0.4, -0.2) is 65.5 Å². The summed E-state index contributed by atoms with van der Waals surface area (Å²) in [7, 11) is 3.19. The summed E-state index contributed by atoms with van der Waals surface area (Å²) < 4.78 is 13.1. The molecule has 11 heteroatoms. The molecule has 2 aromatic heterocycles. The van der Waals surface area contributed by atoms with E-state index >= 15 is 0 Å². The molecule has 0 unspecified atom stereocenters. The summed E-state index contributed by atoms with van der Waals surface area (Å²) in [6.45, 7) is 2.96. The van der Waals surface area contributed by atoms with E-state index in [1.807, 2.05) is 24.3 Å². The molecular weight excluding hydrogens is 462 g/mol. The second-order valence-corrected chi connectivity index (χ2v) is 8.34. The van der Waals surface area contributed by atoms with Gasteiger partial charge in [0, 0.05) is 44.0 Å². The van der Waals surface area contributed by atoms with Gasteiger partial charge in [0.25, 0.3) is 0 Å². The minimum Gasteiger partial charge on any atom is -0.497 e. The molecule has 4 aromatic rings. The van der Waals surface area contributed by atoms with Gasteiger partial charge in [0.05, 0.1) is 19.9 Å². The molecule has 0 radical (unpaired) electrons. The second-order valence-electron chi connectivity index (χ2n) is 8.34. The Morgan fingerprint density at radius 1 is 0.972 bits per heavy atom. The first-order valence-electron chi connectivity index (χ1n) is 11.6. The summed E-state index contributed by atoms with van der Waals surface area (Å²) >= 11 is 0. The van der Waals surface area contributed by atoms with E-state index in [0.29, 0.717) is 17.1 Å². The van der Waals surface area contributed by atoms with Crippen LogP contribution in [0.25, 0.3) is 5.65 Å². The molecule has 1 amide bonds. The van der Waals surface area contributed by atoms with Crippen LogP contribution < -0.4 is 30.3 Å². The zero-order valence-corrected chi connectivity index (χ0v) is 20.1. The number of para-hydroxylation sites is 2. The Balaban J connectivity index is 1.27. The van der Waals surface area contributed by atoms with Crippen molar-refractivity contribution in [3.05, 3.63) is 71.4 Å². The van der Waals surface area contributed by atoms with Gasteiger partial charge < -0.3 is 24.6 Å². The number of piperazine rings is 1. The molecule has 36 heavy (non-hydrogen) atoms. The molecule has 0 atom stereocenters. The number of benzene rings is 2. The Hall–Kier alpha value is -4.54. The highest BCUT2D eigenvalue weighted by Gasteiger charge is 2.20. The van der Waals surface area contributed by atoms with Gasteiger partial charge in [-0.05, 0) is 24.3 Å². The Morgan fingerprint density at radius 3 is 2.53 bits per heavy atom. The Kier molecular flexibility index (Phi) is 6.44. The van der Waals surface area contributed by atoms with Crippen LogP contribution in [0.3, 0.4) is 0 Å². The molecule has 0 aliphatic carbocycles. The number of anilines is 3. The highest BCUT2D eigenvalue weighted by atomic mass is 16.5. The maximum absolute atomic E-state index is 12.8. The number of ether oxygens (including phenoxy) is 2. The topological polar surface area (TPSA) is 106 Å². The highest BCUT2D eigenvalue weighted by molar-refractivity contribution is 5.92. The summed E-state index contributed by atoms with van der Waals surface area (Å²) in [6.07, 6.45) is 1.46. The number of rotatable bonds is 7. The van der Waals surface area contributed by atoms with Crippen LogP contribution in [0.15, 0.2) is 65.7 Å². The highest BCUT2D eigenvalue weighted by Crippen LogP contribution is 2.24. The van der Waals surface area contributed by atoms with Crippen molar-refractivity contribution < 1.29 is 14.3 Å². The number of carbonyl (C=O) groups excluding carboxylic acids is 1. The molecule has 0 saturated carbocycles. The fraction of sp³-hybridized carbons (Fsp3) is 0.280. The molecule has 1 fully saturated rings. The second kappa shape index (κ2) is 9.98. The van der Waals surface area contributed by atoms with Crippen LogP contribution in [0, 0.1) is 0 Å². The number of fused-ring (bicyclic) bond motifs is 1. The van der Waals surface area contributed by atoms with Crippen LogP contribution in [0.2, 0.25) is 0 Å². The molecule has 186 valence electrons. The van der Waals surface area contributed by atoms with E-state index in [2.05, 4.69) is 31.3 Å². The molecule has 2 aromatic carbocycles. The molecule has 1 aliphatic heterocycles. The predicted octanol–water partition coefficient (Wildman–Crippen LogP) is 1.87. The average Bonchev–Trinajstić information content (AvgIpc) is 3.23. The molecule has 1 N–H and O–H groups in total. The van der Waals surface area contributed by atoms with Gasteiger partial charge in [-0.1, -0.05) is 18.2 Å². The molecular formula is C25H27N7O4. The van der Waals surface area contributed by atoms with Crippen LogP contribution in [0.4, 0.5) is 17.2 Å². The van der Waals surface area contributed by atoms with Gasteiger partial charge in [-0.15, -0.1) is 5.10 Å². The van der Waals surface area contributed by atoms with E-state index in [1.165, 1.54) is 17.8 Å². The molecule has 5 rings (SSSR count). The van der Waals surface area contributed by atoms with E-state index in [1.54, 1.807) is 31.4 Å². The maximum atomic E-state index is 12.8. The zero-order valence-electron chi connectivity index (χ0n) is 20.1. The first kappa shape index (κ1) is 23.2. The Labute approximate surface area is 207 Å². The molecule has 3 heterocycles. The monoisotopic (exact) mass is 489 g/mol. The lowest BCUT2D eigenvalue weighted by molar-refractivity contribution is -0.117. The van der Waals surface area contributed by atoms with Gasteiger partial charge in [-0.2, -0.15) is 0 Å². The standard InChI is InChI=1S/C25H27N7O4/c1-35-19-7-5-6-18(14-19)29-10-12-30(13-11-29)22-15-23-28-32(25(34)31(23)17-26-22)16-24(33)27-20-8-3-4-9-21(20)36-2/h3-9,14-15,17H,10-13,16H2,1-2H3,(H,27,33). The zero-order chi connectivity index (χ0) is 25.1. The smallest absolute Gasteiger partial charge is 0.352 e. The SMILES string of the molecule is COc1cccc(N2CCN(c3cc4nn(CC(=O)Nc5ccccc5OC)c(=O)n4cn3)CC2)c1. The number of hydrogen-bond acceptors (Lipinski definition) is 8. The number of aromatic nitrogens is 4. The van der Waals surface area contributed by atoms with Gasteiger partial charge in [0.15, 0.2) is 5.65 Å². The number of nitrogens with one attached hydrogen (secondary N) is 1. The Bertz CT molecular complexity index is 1440. The lowest BCUT2D eigenvalue weighted by atomic mass is 10.2. The summed E-state index contributed by atoms with van der Waals surface area (Å²) in [5.74, 6) is 1.73. The third-order valence-electron chi connectivity index (χ3n) is 6.16. The predicted molar refractivity (Wildman–Crippen MR) is 136 cm³/mol. The van der Waals surface area contributed by atoms with Crippen molar-refractivity contribution in [3.63, 3.8) is 0 Å². The van der Waals surface area contributed by atoms with E-state index < -0.39 is 5.69 Å². The maximum Gasteiger partial charge on any atom is 0.352 e. The fourth-order valence-electron chi connectivity index (χ4n) is 4.26. The molecule has 1 saturated heterocycles. The van der Waals surface area contributed by atoms with Crippen molar-refractivity contribution >= 4 is 28.7 Å². The average molecular weight is 490 g/mol. The number of nitrogens with zero attached hydrogens (tertiary/aromatic N) is 6. The van der Waals surface area contributed by atoms with Crippen LogP contribution in [0.1, 0.15) is 0 Å². The van der Waals surface area contributed by atoms with E-state index in [0.717, 1.165) is 48.1 Å². The summed E-state index contributed by atoms with van der Waals surface area (Å²) in [5, 5.41) is 7.12. The van der Waals surface area contributed by atoms with E-state index in [4.69, 9.17) is 9.47 Å². The van der Waals surface area contributed by atoms with Crippen LogP contribution in [-0.2, 0) is 11.3 Å². The lowest BCUT2D eigenvalue weighted by Gasteiger charge is -2.36. The van der Waals surface area contributed by atoms with Crippen LogP contribution >= 0.6 is 0 Å². The number of carbonyl (C=O) groups is 1. The largest absolute Gasteiger partial charge is 0.497 e. The molecule has 1 aliphatic rings. The number of amides is 1. The first-order chi connectivity index (χ1) is 17.6. The third kappa shape index (κ3) is 4.67. The summed E-state index contributed by atoms with van der Waals surface area (Å²) in [6, 6.07) is 16.9. The van der Waals surface area contributed by atoms with Gasteiger partial charge in [0.2, 0.25) is 5.91 Å². The summed E-state index contributed by atoms with van der Waals surface area (Å²) in [4.78, 5) is 34.3.